The van der Waals surface area contributed by atoms with Gasteiger partial charge in [-0.05, 0) is 37.8 Å². The van der Waals surface area contributed by atoms with Gasteiger partial charge in [-0.15, -0.1) is 0 Å². The number of aromatic nitrogens is 2. The van der Waals surface area contributed by atoms with E-state index in [9.17, 15) is 5.11 Å². The maximum atomic E-state index is 9.91. The van der Waals surface area contributed by atoms with E-state index in [1.165, 1.54) is 12.8 Å². The summed E-state index contributed by atoms with van der Waals surface area (Å²) >= 11 is 0. The molecule has 0 bridgehead atoms. The highest BCUT2D eigenvalue weighted by atomic mass is 16.5. The quantitative estimate of drug-likeness (QED) is 0.816. The van der Waals surface area contributed by atoms with Gasteiger partial charge < -0.3 is 15.2 Å². The van der Waals surface area contributed by atoms with Crippen LogP contribution in [0, 0.1) is 12.8 Å². The lowest BCUT2D eigenvalue weighted by atomic mass is 10.3. The third-order valence-electron chi connectivity index (χ3n) is 3.61. The number of benzene rings is 1. The third kappa shape index (κ3) is 3.89. The maximum Gasteiger partial charge on any atom is 0.148 e. The van der Waals surface area contributed by atoms with Gasteiger partial charge in [0.05, 0.1) is 29.4 Å². The SMILES string of the molecule is Cc1nc2ccccc2nc1NCC(O)COCC1CC1. The molecule has 0 radical (unpaired) electrons. The van der Waals surface area contributed by atoms with Crippen LogP contribution in [0.4, 0.5) is 5.82 Å². The molecule has 1 aromatic heterocycles. The number of aryl methyl sites for hydroxylation is 1. The van der Waals surface area contributed by atoms with E-state index < -0.39 is 6.10 Å². The Morgan fingerprint density at radius 1 is 1.29 bits per heavy atom. The van der Waals surface area contributed by atoms with E-state index in [1.807, 2.05) is 31.2 Å². The second-order valence-electron chi connectivity index (χ2n) is 5.66. The van der Waals surface area contributed by atoms with Crippen LogP contribution in [0.5, 0.6) is 0 Å². The molecule has 1 saturated carbocycles. The van der Waals surface area contributed by atoms with E-state index in [0.29, 0.717) is 13.2 Å². The Morgan fingerprint density at radius 2 is 2.00 bits per heavy atom. The van der Waals surface area contributed by atoms with Crippen molar-refractivity contribution in [2.75, 3.05) is 25.1 Å². The average Bonchev–Trinajstić information content (AvgIpc) is 3.29. The summed E-state index contributed by atoms with van der Waals surface area (Å²) in [5, 5.41) is 13.1. The number of anilines is 1. The lowest BCUT2D eigenvalue weighted by Crippen LogP contribution is -2.26. The van der Waals surface area contributed by atoms with Gasteiger partial charge in [0.15, 0.2) is 0 Å². The van der Waals surface area contributed by atoms with Crippen LogP contribution in [0.1, 0.15) is 18.5 Å². The lowest BCUT2D eigenvalue weighted by molar-refractivity contribution is 0.0385. The first-order valence-corrected chi connectivity index (χ1v) is 7.45. The summed E-state index contributed by atoms with van der Waals surface area (Å²) in [5.41, 5.74) is 2.57. The molecule has 0 aliphatic heterocycles. The molecule has 112 valence electrons. The Hall–Kier alpha value is -1.72. The summed E-state index contributed by atoms with van der Waals surface area (Å²) < 4.78 is 5.48. The lowest BCUT2D eigenvalue weighted by Gasteiger charge is -2.14. The van der Waals surface area contributed by atoms with Crippen LogP contribution in [0.3, 0.4) is 0 Å². The van der Waals surface area contributed by atoms with Gasteiger partial charge in [0.1, 0.15) is 5.82 Å². The molecule has 0 spiro atoms. The molecule has 1 heterocycles. The molecule has 0 amide bonds. The number of aliphatic hydroxyl groups is 1. The highest BCUT2D eigenvalue weighted by Gasteiger charge is 2.21. The standard InChI is InChI=1S/C16H21N3O2/c1-11-16(19-15-5-3-2-4-14(15)18-11)17-8-13(20)10-21-9-12-6-7-12/h2-5,12-13,20H,6-10H2,1H3,(H,17,19). The number of aliphatic hydroxyl groups excluding tert-OH is 1. The number of hydrogen-bond donors (Lipinski definition) is 2. The van der Waals surface area contributed by atoms with Crippen molar-refractivity contribution in [2.24, 2.45) is 5.92 Å². The zero-order chi connectivity index (χ0) is 14.7. The molecule has 1 aromatic carbocycles. The Labute approximate surface area is 124 Å². The summed E-state index contributed by atoms with van der Waals surface area (Å²) in [5.74, 6) is 1.44. The summed E-state index contributed by atoms with van der Waals surface area (Å²) in [6.07, 6.45) is 2.00. The molecule has 3 rings (SSSR count). The van der Waals surface area contributed by atoms with E-state index in [1.54, 1.807) is 0 Å². The highest BCUT2D eigenvalue weighted by Crippen LogP contribution is 2.28. The normalized spacial score (nSPS) is 16.1. The first-order valence-electron chi connectivity index (χ1n) is 7.45. The number of rotatable bonds is 7. The second kappa shape index (κ2) is 6.37. The van der Waals surface area contributed by atoms with Crippen molar-refractivity contribution < 1.29 is 9.84 Å². The number of fused-ring (bicyclic) bond motifs is 1. The molecule has 1 unspecified atom stereocenters. The zero-order valence-electron chi connectivity index (χ0n) is 12.2. The Morgan fingerprint density at radius 3 is 2.71 bits per heavy atom. The first kappa shape index (κ1) is 14.2. The molecular formula is C16H21N3O2. The van der Waals surface area contributed by atoms with Gasteiger partial charge in [-0.2, -0.15) is 0 Å². The third-order valence-corrected chi connectivity index (χ3v) is 3.61. The Balaban J connectivity index is 1.55. The fourth-order valence-electron chi connectivity index (χ4n) is 2.18. The van der Waals surface area contributed by atoms with Crippen LogP contribution >= 0.6 is 0 Å². The number of nitrogens with zero attached hydrogens (tertiary/aromatic N) is 2. The summed E-state index contributed by atoms with van der Waals surface area (Å²) in [6.45, 7) is 3.46. The topological polar surface area (TPSA) is 67.3 Å². The minimum atomic E-state index is -0.531. The van der Waals surface area contributed by atoms with Crippen LogP contribution in [-0.2, 0) is 4.74 Å². The monoisotopic (exact) mass is 287 g/mol. The van der Waals surface area contributed by atoms with Gasteiger partial charge in [0.2, 0.25) is 0 Å². The molecule has 1 aliphatic carbocycles. The van der Waals surface area contributed by atoms with E-state index in [-0.39, 0.29) is 0 Å². The molecule has 2 N–H and O–H groups in total. The zero-order valence-corrected chi connectivity index (χ0v) is 12.2. The van der Waals surface area contributed by atoms with Crippen molar-refractivity contribution in [3.05, 3.63) is 30.0 Å². The van der Waals surface area contributed by atoms with Crippen LogP contribution in [-0.4, -0.2) is 40.9 Å². The smallest absolute Gasteiger partial charge is 0.148 e. The Bertz CT molecular complexity index is 613. The molecule has 5 heteroatoms. The van der Waals surface area contributed by atoms with Crippen LogP contribution in [0.25, 0.3) is 11.0 Å². The van der Waals surface area contributed by atoms with Gasteiger partial charge in [-0.3, -0.25) is 0 Å². The van der Waals surface area contributed by atoms with Gasteiger partial charge >= 0.3 is 0 Å². The maximum absolute atomic E-state index is 9.91. The van der Waals surface area contributed by atoms with E-state index in [2.05, 4.69) is 15.3 Å². The summed E-state index contributed by atoms with van der Waals surface area (Å²) in [6, 6.07) is 7.77. The van der Waals surface area contributed by atoms with Crippen molar-refractivity contribution in [3.63, 3.8) is 0 Å². The molecule has 2 aromatic rings. The highest BCUT2D eigenvalue weighted by molar-refractivity contribution is 5.76. The fraction of sp³-hybridized carbons (Fsp3) is 0.500. The van der Waals surface area contributed by atoms with Gasteiger partial charge in [-0.1, -0.05) is 12.1 Å². The second-order valence-corrected chi connectivity index (χ2v) is 5.66. The van der Waals surface area contributed by atoms with E-state index in [0.717, 1.165) is 35.1 Å². The molecular weight excluding hydrogens is 266 g/mol. The van der Waals surface area contributed by atoms with Crippen LogP contribution in [0.15, 0.2) is 24.3 Å². The van der Waals surface area contributed by atoms with E-state index >= 15 is 0 Å². The van der Waals surface area contributed by atoms with Crippen molar-refractivity contribution in [1.82, 2.24) is 9.97 Å². The molecule has 0 saturated heterocycles. The van der Waals surface area contributed by atoms with Gasteiger partial charge in [0, 0.05) is 13.2 Å². The largest absolute Gasteiger partial charge is 0.389 e. The van der Waals surface area contributed by atoms with Crippen molar-refractivity contribution >= 4 is 16.9 Å². The molecule has 1 atom stereocenters. The van der Waals surface area contributed by atoms with Crippen molar-refractivity contribution in [2.45, 2.75) is 25.9 Å². The summed E-state index contributed by atoms with van der Waals surface area (Å²) in [4.78, 5) is 9.05. The van der Waals surface area contributed by atoms with Crippen LogP contribution < -0.4 is 5.32 Å². The first-order chi connectivity index (χ1) is 10.2. The number of nitrogens with one attached hydrogen (secondary N) is 1. The molecule has 5 nitrogen and oxygen atoms in total. The predicted molar refractivity (Wildman–Crippen MR) is 82.3 cm³/mol. The number of ether oxygens (including phenoxy) is 1. The molecule has 1 fully saturated rings. The molecule has 1 aliphatic rings. The predicted octanol–water partition coefficient (Wildman–Crippen LogP) is 2.14. The average molecular weight is 287 g/mol. The van der Waals surface area contributed by atoms with E-state index in [4.69, 9.17) is 4.74 Å². The number of hydrogen-bond acceptors (Lipinski definition) is 5. The molecule has 21 heavy (non-hydrogen) atoms. The van der Waals surface area contributed by atoms with Crippen molar-refractivity contribution in [1.29, 1.82) is 0 Å². The summed E-state index contributed by atoms with van der Waals surface area (Å²) in [7, 11) is 0. The van der Waals surface area contributed by atoms with Gasteiger partial charge in [-0.25, -0.2) is 9.97 Å². The fourth-order valence-corrected chi connectivity index (χ4v) is 2.18. The minimum absolute atomic E-state index is 0.365. The van der Waals surface area contributed by atoms with Crippen LogP contribution in [0.2, 0.25) is 0 Å². The van der Waals surface area contributed by atoms with Crippen molar-refractivity contribution in [3.8, 4) is 0 Å². The van der Waals surface area contributed by atoms with Gasteiger partial charge in [0.25, 0.3) is 0 Å². The minimum Gasteiger partial charge on any atom is -0.389 e. The Kier molecular flexibility index (Phi) is 4.31. The number of para-hydroxylation sites is 2.